The normalized spacial score (nSPS) is 21.1. The van der Waals surface area contributed by atoms with Crippen LogP contribution in [-0.4, -0.2) is 16.1 Å². The maximum absolute atomic E-state index is 6.41. The molecule has 4 heteroatoms. The highest BCUT2D eigenvalue weighted by Crippen LogP contribution is 2.46. The summed E-state index contributed by atoms with van der Waals surface area (Å²) >= 11 is 6.41. The maximum atomic E-state index is 6.41. The Bertz CT molecular complexity index is 648. The zero-order valence-corrected chi connectivity index (χ0v) is 12.4. The van der Waals surface area contributed by atoms with Crippen molar-refractivity contribution >= 4 is 22.6 Å². The smallest absolute Gasteiger partial charge is 0.110 e. The fourth-order valence-corrected chi connectivity index (χ4v) is 3.73. The highest BCUT2D eigenvalue weighted by atomic mass is 35.5. The summed E-state index contributed by atoms with van der Waals surface area (Å²) in [5.74, 6) is 1.20. The monoisotopic (exact) mass is 289 g/mol. The molecule has 0 bridgehead atoms. The largest absolute Gasteiger partial charge is 0.330 e. The minimum absolute atomic E-state index is 0.292. The van der Waals surface area contributed by atoms with E-state index in [1.807, 2.05) is 12.1 Å². The highest BCUT2D eigenvalue weighted by molar-refractivity contribution is 6.35. The first kappa shape index (κ1) is 12.7. The van der Waals surface area contributed by atoms with E-state index in [0.29, 0.717) is 11.5 Å². The molecule has 1 heterocycles. The number of aromatic nitrogens is 2. The van der Waals surface area contributed by atoms with Gasteiger partial charge in [-0.15, -0.1) is 0 Å². The first-order valence-corrected chi connectivity index (χ1v) is 7.96. The molecule has 0 aliphatic heterocycles. The average molecular weight is 290 g/mol. The number of halogens is 1. The highest BCUT2D eigenvalue weighted by Gasteiger charge is 2.38. The van der Waals surface area contributed by atoms with Gasteiger partial charge in [0.15, 0.2) is 0 Å². The minimum atomic E-state index is 0.292. The molecular weight excluding hydrogens is 270 g/mol. The van der Waals surface area contributed by atoms with Crippen LogP contribution >= 0.6 is 11.6 Å². The summed E-state index contributed by atoms with van der Waals surface area (Å²) in [6.45, 7) is 0.772. The van der Waals surface area contributed by atoms with Crippen molar-refractivity contribution in [2.24, 2.45) is 11.1 Å². The summed E-state index contributed by atoms with van der Waals surface area (Å²) in [6, 6.07) is 6.63. The predicted octanol–water partition coefficient (Wildman–Crippen LogP) is 3.70. The Morgan fingerprint density at radius 3 is 2.75 bits per heavy atom. The lowest BCUT2D eigenvalue weighted by atomic mass is 9.66. The number of fused-ring (bicyclic) bond motifs is 1. The summed E-state index contributed by atoms with van der Waals surface area (Å²) in [6.07, 6.45) is 7.29. The van der Waals surface area contributed by atoms with Crippen LogP contribution in [0.15, 0.2) is 18.2 Å². The summed E-state index contributed by atoms with van der Waals surface area (Å²) in [5, 5.41) is 0.823. The van der Waals surface area contributed by atoms with Gasteiger partial charge in [0.25, 0.3) is 0 Å². The van der Waals surface area contributed by atoms with Gasteiger partial charge in [-0.2, -0.15) is 0 Å². The Labute approximate surface area is 124 Å². The van der Waals surface area contributed by atoms with Gasteiger partial charge >= 0.3 is 0 Å². The van der Waals surface area contributed by atoms with Crippen molar-refractivity contribution in [3.05, 3.63) is 29.0 Å². The van der Waals surface area contributed by atoms with E-state index in [9.17, 15) is 0 Å². The summed E-state index contributed by atoms with van der Waals surface area (Å²) in [7, 11) is 0. The first-order chi connectivity index (χ1) is 9.72. The molecule has 2 fully saturated rings. The van der Waals surface area contributed by atoms with Crippen LogP contribution in [0.4, 0.5) is 0 Å². The van der Waals surface area contributed by atoms with E-state index in [1.165, 1.54) is 37.9 Å². The molecule has 1 aromatic heterocycles. The van der Waals surface area contributed by atoms with E-state index in [0.717, 1.165) is 29.0 Å². The molecule has 20 heavy (non-hydrogen) atoms. The third-order valence-electron chi connectivity index (χ3n) is 5.03. The molecule has 0 spiro atoms. The molecule has 0 unspecified atom stereocenters. The third kappa shape index (κ3) is 1.87. The summed E-state index contributed by atoms with van der Waals surface area (Å²) < 4.78 is 2.40. The Balaban J connectivity index is 1.82. The van der Waals surface area contributed by atoms with Gasteiger partial charge in [-0.1, -0.05) is 24.1 Å². The lowest BCUT2D eigenvalue weighted by Crippen LogP contribution is -2.39. The zero-order chi connectivity index (χ0) is 13.7. The van der Waals surface area contributed by atoms with Crippen LogP contribution in [0.1, 0.15) is 44.0 Å². The van der Waals surface area contributed by atoms with E-state index in [-0.39, 0.29) is 0 Å². The van der Waals surface area contributed by atoms with Gasteiger partial charge in [-0.25, -0.2) is 4.98 Å². The molecule has 2 aliphatic rings. The maximum Gasteiger partial charge on any atom is 0.110 e. The van der Waals surface area contributed by atoms with Crippen LogP contribution in [0.25, 0.3) is 11.0 Å². The van der Waals surface area contributed by atoms with Gasteiger partial charge in [0.2, 0.25) is 0 Å². The molecule has 2 aromatic rings. The molecule has 1 aromatic carbocycles. The Kier molecular flexibility index (Phi) is 2.83. The molecule has 2 saturated carbocycles. The quantitative estimate of drug-likeness (QED) is 0.933. The number of benzene rings is 1. The van der Waals surface area contributed by atoms with Crippen LogP contribution in [-0.2, 0) is 6.42 Å². The second-order valence-electron chi connectivity index (χ2n) is 6.47. The number of rotatable bonds is 4. The van der Waals surface area contributed by atoms with Crippen molar-refractivity contribution in [1.29, 1.82) is 0 Å². The zero-order valence-electron chi connectivity index (χ0n) is 11.6. The molecule has 0 radical (unpaired) electrons. The second kappa shape index (κ2) is 4.47. The van der Waals surface area contributed by atoms with E-state index < -0.39 is 0 Å². The van der Waals surface area contributed by atoms with Crippen molar-refractivity contribution in [1.82, 2.24) is 9.55 Å². The van der Waals surface area contributed by atoms with Crippen LogP contribution in [0.5, 0.6) is 0 Å². The van der Waals surface area contributed by atoms with Crippen molar-refractivity contribution in [2.75, 3.05) is 6.54 Å². The van der Waals surface area contributed by atoms with Gasteiger partial charge in [-0.05, 0) is 49.8 Å². The summed E-state index contributed by atoms with van der Waals surface area (Å²) in [5.41, 5.74) is 8.47. The van der Waals surface area contributed by atoms with E-state index >= 15 is 0 Å². The topological polar surface area (TPSA) is 43.8 Å². The summed E-state index contributed by atoms with van der Waals surface area (Å²) in [4.78, 5) is 4.87. The fourth-order valence-electron chi connectivity index (χ4n) is 3.47. The van der Waals surface area contributed by atoms with Crippen LogP contribution in [0.2, 0.25) is 5.02 Å². The van der Waals surface area contributed by atoms with Gasteiger partial charge < -0.3 is 10.3 Å². The first-order valence-electron chi connectivity index (χ1n) is 7.58. The fraction of sp³-hybridized carbons (Fsp3) is 0.562. The van der Waals surface area contributed by atoms with Gasteiger partial charge in [-0.3, -0.25) is 0 Å². The van der Waals surface area contributed by atoms with Crippen molar-refractivity contribution in [2.45, 2.75) is 44.6 Å². The van der Waals surface area contributed by atoms with E-state index in [2.05, 4.69) is 10.6 Å². The SMILES string of the molecule is NCC1(Cc2nc3cccc(Cl)c3n2C2CC2)CCC1. The number of hydrogen-bond donors (Lipinski definition) is 1. The number of nitrogens with two attached hydrogens (primary N) is 1. The molecule has 0 amide bonds. The van der Waals surface area contributed by atoms with Gasteiger partial charge in [0, 0.05) is 12.5 Å². The number of hydrogen-bond acceptors (Lipinski definition) is 2. The molecular formula is C16H20ClN3. The number of imidazole rings is 1. The van der Waals surface area contributed by atoms with E-state index in [4.69, 9.17) is 22.3 Å². The molecule has 3 nitrogen and oxygen atoms in total. The number of nitrogens with zero attached hydrogens (tertiary/aromatic N) is 2. The van der Waals surface area contributed by atoms with Gasteiger partial charge in [0.1, 0.15) is 5.82 Å². The predicted molar refractivity (Wildman–Crippen MR) is 82.1 cm³/mol. The minimum Gasteiger partial charge on any atom is -0.330 e. The Morgan fingerprint density at radius 2 is 2.15 bits per heavy atom. The van der Waals surface area contributed by atoms with Crippen LogP contribution < -0.4 is 5.73 Å². The van der Waals surface area contributed by atoms with Crippen LogP contribution in [0, 0.1) is 5.41 Å². The molecule has 0 atom stereocenters. The standard InChI is InChI=1S/C16H20ClN3/c17-12-3-1-4-13-15(12)20(11-5-6-11)14(19-13)9-16(10-18)7-2-8-16/h1,3-4,11H,2,5-10,18H2. The molecule has 106 valence electrons. The molecule has 2 aliphatic carbocycles. The second-order valence-corrected chi connectivity index (χ2v) is 6.88. The number of para-hydroxylation sites is 1. The van der Waals surface area contributed by atoms with Crippen molar-refractivity contribution in [3.8, 4) is 0 Å². The van der Waals surface area contributed by atoms with Crippen molar-refractivity contribution < 1.29 is 0 Å². The molecule has 2 N–H and O–H groups in total. The molecule has 4 rings (SSSR count). The van der Waals surface area contributed by atoms with Gasteiger partial charge in [0.05, 0.1) is 16.1 Å². The van der Waals surface area contributed by atoms with E-state index in [1.54, 1.807) is 0 Å². The Hall–Kier alpha value is -1.06. The lowest BCUT2D eigenvalue weighted by Gasteiger charge is -2.40. The lowest BCUT2D eigenvalue weighted by molar-refractivity contribution is 0.140. The third-order valence-corrected chi connectivity index (χ3v) is 5.33. The Morgan fingerprint density at radius 1 is 1.35 bits per heavy atom. The average Bonchev–Trinajstić information content (AvgIpc) is 3.16. The molecule has 0 saturated heterocycles. The van der Waals surface area contributed by atoms with Crippen molar-refractivity contribution in [3.63, 3.8) is 0 Å². The van der Waals surface area contributed by atoms with Crippen LogP contribution in [0.3, 0.4) is 0 Å².